The van der Waals surface area contributed by atoms with Crippen molar-refractivity contribution >= 4 is 23.4 Å². The first kappa shape index (κ1) is 19.6. The van der Waals surface area contributed by atoms with Gasteiger partial charge in [-0.25, -0.2) is 14.8 Å². The van der Waals surface area contributed by atoms with Gasteiger partial charge in [-0.1, -0.05) is 23.7 Å². The summed E-state index contributed by atoms with van der Waals surface area (Å²) in [5.74, 6) is 0.197. The first-order valence-electron chi connectivity index (χ1n) is 9.22. The average Bonchev–Trinajstić information content (AvgIpc) is 2.68. The Morgan fingerprint density at radius 2 is 2.07 bits per heavy atom. The molecule has 0 bridgehead atoms. The number of nitrogens with zero attached hydrogens (tertiary/aromatic N) is 2. The van der Waals surface area contributed by atoms with Crippen molar-refractivity contribution in [2.45, 2.75) is 45.3 Å². The SMILES string of the molecule is CCOC(=O)c1ncnc(NCC2CCCC(c3ccc(Cl)cc3)O2)c1C. The number of halogens is 1. The van der Waals surface area contributed by atoms with Gasteiger partial charge in [0.15, 0.2) is 5.69 Å². The number of hydrogen-bond acceptors (Lipinski definition) is 6. The maximum atomic E-state index is 12.0. The summed E-state index contributed by atoms with van der Waals surface area (Å²) >= 11 is 5.97. The van der Waals surface area contributed by atoms with Gasteiger partial charge in [-0.15, -0.1) is 0 Å². The zero-order valence-electron chi connectivity index (χ0n) is 15.6. The van der Waals surface area contributed by atoms with Crippen LogP contribution in [0.4, 0.5) is 5.82 Å². The number of ether oxygens (including phenoxy) is 2. The highest BCUT2D eigenvalue weighted by atomic mass is 35.5. The summed E-state index contributed by atoms with van der Waals surface area (Å²) in [6.07, 6.45) is 4.59. The molecule has 7 heteroatoms. The van der Waals surface area contributed by atoms with Crippen LogP contribution in [-0.4, -0.2) is 35.2 Å². The van der Waals surface area contributed by atoms with E-state index in [9.17, 15) is 4.79 Å². The molecular weight excluding hydrogens is 366 g/mol. The summed E-state index contributed by atoms with van der Waals surface area (Å²) in [6, 6.07) is 7.82. The predicted molar refractivity (Wildman–Crippen MR) is 104 cm³/mol. The number of hydrogen-bond donors (Lipinski definition) is 1. The Morgan fingerprint density at radius 1 is 1.30 bits per heavy atom. The second kappa shape index (κ2) is 9.15. The van der Waals surface area contributed by atoms with Gasteiger partial charge in [-0.05, 0) is 50.8 Å². The highest BCUT2D eigenvalue weighted by molar-refractivity contribution is 6.30. The minimum Gasteiger partial charge on any atom is -0.461 e. The second-order valence-electron chi connectivity index (χ2n) is 6.53. The zero-order chi connectivity index (χ0) is 19.2. The number of rotatable bonds is 6. The Balaban J connectivity index is 1.62. The Bertz CT molecular complexity index is 783. The van der Waals surface area contributed by atoms with Gasteiger partial charge in [0.2, 0.25) is 0 Å². The monoisotopic (exact) mass is 389 g/mol. The molecule has 144 valence electrons. The largest absolute Gasteiger partial charge is 0.461 e. The highest BCUT2D eigenvalue weighted by Crippen LogP contribution is 2.32. The fourth-order valence-electron chi connectivity index (χ4n) is 3.22. The molecule has 1 N–H and O–H groups in total. The van der Waals surface area contributed by atoms with Crippen molar-refractivity contribution in [3.05, 3.63) is 52.4 Å². The molecule has 2 heterocycles. The van der Waals surface area contributed by atoms with Gasteiger partial charge in [-0.3, -0.25) is 0 Å². The number of carbonyl (C=O) groups is 1. The van der Waals surface area contributed by atoms with E-state index in [0.717, 1.165) is 29.8 Å². The summed E-state index contributed by atoms with van der Waals surface area (Å²) in [7, 11) is 0. The van der Waals surface area contributed by atoms with Crippen LogP contribution in [0.2, 0.25) is 5.02 Å². The molecule has 0 saturated carbocycles. The molecule has 2 atom stereocenters. The average molecular weight is 390 g/mol. The van der Waals surface area contributed by atoms with Gasteiger partial charge >= 0.3 is 5.97 Å². The van der Waals surface area contributed by atoms with Crippen LogP contribution in [0.15, 0.2) is 30.6 Å². The summed E-state index contributed by atoms with van der Waals surface area (Å²) in [5.41, 5.74) is 2.12. The van der Waals surface area contributed by atoms with Gasteiger partial charge < -0.3 is 14.8 Å². The Labute approximate surface area is 164 Å². The Hall–Kier alpha value is -2.18. The Morgan fingerprint density at radius 3 is 2.81 bits per heavy atom. The third-order valence-electron chi connectivity index (χ3n) is 4.64. The van der Waals surface area contributed by atoms with Crippen LogP contribution in [0.5, 0.6) is 0 Å². The van der Waals surface area contributed by atoms with Crippen LogP contribution in [0.25, 0.3) is 0 Å². The number of anilines is 1. The van der Waals surface area contributed by atoms with Crippen molar-refractivity contribution in [2.75, 3.05) is 18.5 Å². The fourth-order valence-corrected chi connectivity index (χ4v) is 3.34. The summed E-state index contributed by atoms with van der Waals surface area (Å²) < 4.78 is 11.3. The maximum absolute atomic E-state index is 12.0. The van der Waals surface area contributed by atoms with Gasteiger partial charge in [0.05, 0.1) is 18.8 Å². The van der Waals surface area contributed by atoms with Crippen LogP contribution in [0.1, 0.15) is 53.9 Å². The van der Waals surface area contributed by atoms with Crippen LogP contribution < -0.4 is 5.32 Å². The maximum Gasteiger partial charge on any atom is 0.357 e. The van der Waals surface area contributed by atoms with Gasteiger partial charge in [-0.2, -0.15) is 0 Å². The summed E-state index contributed by atoms with van der Waals surface area (Å²) in [6.45, 7) is 4.51. The van der Waals surface area contributed by atoms with Crippen molar-refractivity contribution in [3.8, 4) is 0 Å². The van der Waals surface area contributed by atoms with Gasteiger partial charge in [0, 0.05) is 17.1 Å². The molecular formula is C20H24ClN3O3. The van der Waals surface area contributed by atoms with E-state index in [1.807, 2.05) is 31.2 Å². The molecule has 1 aliphatic rings. The first-order chi connectivity index (χ1) is 13.1. The van der Waals surface area contributed by atoms with E-state index in [-0.39, 0.29) is 17.9 Å². The topological polar surface area (TPSA) is 73.3 Å². The fraction of sp³-hybridized carbons (Fsp3) is 0.450. The van der Waals surface area contributed by atoms with Crippen molar-refractivity contribution in [1.82, 2.24) is 9.97 Å². The molecule has 0 aliphatic carbocycles. The minimum atomic E-state index is -0.433. The minimum absolute atomic E-state index is 0.0693. The van der Waals surface area contributed by atoms with Crippen molar-refractivity contribution in [2.24, 2.45) is 0 Å². The third kappa shape index (κ3) is 4.96. The lowest BCUT2D eigenvalue weighted by Gasteiger charge is -2.31. The van der Waals surface area contributed by atoms with Gasteiger partial charge in [0.1, 0.15) is 12.1 Å². The van der Waals surface area contributed by atoms with E-state index >= 15 is 0 Å². The number of esters is 1. The van der Waals surface area contributed by atoms with Crippen LogP contribution in [0, 0.1) is 6.92 Å². The predicted octanol–water partition coefficient (Wildman–Crippen LogP) is 4.34. The number of carbonyl (C=O) groups excluding carboxylic acids is 1. The van der Waals surface area contributed by atoms with Crippen molar-refractivity contribution in [3.63, 3.8) is 0 Å². The normalized spacial score (nSPS) is 19.5. The van der Waals surface area contributed by atoms with E-state index < -0.39 is 5.97 Å². The molecule has 1 aromatic heterocycles. The molecule has 6 nitrogen and oxygen atoms in total. The zero-order valence-corrected chi connectivity index (χ0v) is 16.3. The molecule has 1 aliphatic heterocycles. The molecule has 1 saturated heterocycles. The van der Waals surface area contributed by atoms with Crippen LogP contribution in [0.3, 0.4) is 0 Å². The second-order valence-corrected chi connectivity index (χ2v) is 6.96. The number of nitrogens with one attached hydrogen (secondary N) is 1. The Kier molecular flexibility index (Phi) is 6.63. The van der Waals surface area contributed by atoms with E-state index in [2.05, 4.69) is 15.3 Å². The molecule has 2 unspecified atom stereocenters. The lowest BCUT2D eigenvalue weighted by Crippen LogP contribution is -2.29. The molecule has 0 radical (unpaired) electrons. The lowest BCUT2D eigenvalue weighted by atomic mass is 9.98. The standard InChI is InChI=1S/C20H24ClN3O3/c1-3-26-20(25)18-13(2)19(24-12-23-18)22-11-16-5-4-6-17(27-16)14-7-9-15(21)10-8-14/h7-10,12,16-17H,3-6,11H2,1-2H3,(H,22,23,24). The first-order valence-corrected chi connectivity index (χ1v) is 9.59. The third-order valence-corrected chi connectivity index (χ3v) is 4.89. The van der Waals surface area contributed by atoms with E-state index in [1.165, 1.54) is 6.33 Å². The molecule has 1 aromatic carbocycles. The lowest BCUT2D eigenvalue weighted by molar-refractivity contribution is -0.0442. The summed E-state index contributed by atoms with van der Waals surface area (Å²) in [5, 5.41) is 4.02. The molecule has 2 aromatic rings. The van der Waals surface area contributed by atoms with E-state index in [0.29, 0.717) is 24.5 Å². The van der Waals surface area contributed by atoms with Crippen LogP contribution in [-0.2, 0) is 9.47 Å². The van der Waals surface area contributed by atoms with Crippen LogP contribution >= 0.6 is 11.6 Å². The number of aromatic nitrogens is 2. The number of benzene rings is 1. The van der Waals surface area contributed by atoms with E-state index in [1.54, 1.807) is 6.92 Å². The quantitative estimate of drug-likeness (QED) is 0.741. The van der Waals surface area contributed by atoms with Crippen molar-refractivity contribution < 1.29 is 14.3 Å². The molecule has 27 heavy (non-hydrogen) atoms. The van der Waals surface area contributed by atoms with E-state index in [4.69, 9.17) is 21.1 Å². The molecule has 0 amide bonds. The smallest absolute Gasteiger partial charge is 0.357 e. The molecule has 0 spiro atoms. The van der Waals surface area contributed by atoms with Gasteiger partial charge in [0.25, 0.3) is 0 Å². The summed E-state index contributed by atoms with van der Waals surface area (Å²) in [4.78, 5) is 20.3. The molecule has 3 rings (SSSR count). The highest BCUT2D eigenvalue weighted by Gasteiger charge is 2.24. The molecule has 1 fully saturated rings. The van der Waals surface area contributed by atoms with Crippen molar-refractivity contribution in [1.29, 1.82) is 0 Å².